The van der Waals surface area contributed by atoms with Crippen LogP contribution in [0, 0.1) is 17.8 Å². The number of carbonyl (C=O) groups is 4. The molecule has 0 radical (unpaired) electrons. The van der Waals surface area contributed by atoms with Crippen LogP contribution in [0.15, 0.2) is 30.4 Å². The van der Waals surface area contributed by atoms with E-state index in [0.29, 0.717) is 59.4 Å². The maximum absolute atomic E-state index is 14.3. The van der Waals surface area contributed by atoms with Gasteiger partial charge in [-0.15, -0.1) is 0 Å². The summed E-state index contributed by atoms with van der Waals surface area (Å²) in [6.45, 7) is 8.43. The van der Waals surface area contributed by atoms with E-state index < -0.39 is 47.6 Å². The number of nitrogens with zero attached hydrogens (tertiary/aromatic N) is 2. The van der Waals surface area contributed by atoms with E-state index >= 15 is 0 Å². The van der Waals surface area contributed by atoms with E-state index in [-0.39, 0.29) is 55.5 Å². The van der Waals surface area contributed by atoms with Gasteiger partial charge in [-0.1, -0.05) is 31.5 Å². The second-order valence-electron chi connectivity index (χ2n) is 14.7. The molecule has 54 heavy (non-hydrogen) atoms. The molecule has 294 valence electrons. The number of alkyl carbamates (subject to hydrolysis) is 1. The van der Waals surface area contributed by atoms with Crippen LogP contribution in [0.25, 0.3) is 10.9 Å². The van der Waals surface area contributed by atoms with Crippen LogP contribution in [-0.4, -0.2) is 116 Å². The number of aliphatic carboxylic acids is 1. The number of ether oxygens (including phenoxy) is 6. The van der Waals surface area contributed by atoms with Gasteiger partial charge >= 0.3 is 12.1 Å². The molecule has 3 saturated carbocycles. The highest BCUT2D eigenvalue weighted by atomic mass is 35.5. The Balaban J connectivity index is 1.27. The molecule has 2 aromatic rings. The van der Waals surface area contributed by atoms with Crippen molar-refractivity contribution >= 4 is 46.4 Å². The van der Waals surface area contributed by atoms with Crippen molar-refractivity contribution in [3.63, 3.8) is 0 Å². The number of likely N-dealkylation sites (tertiary alicyclic amines) is 1. The molecule has 2 heterocycles. The van der Waals surface area contributed by atoms with E-state index in [1.165, 1.54) is 4.90 Å². The number of aromatic nitrogens is 1. The zero-order valence-corrected chi connectivity index (χ0v) is 31.8. The van der Waals surface area contributed by atoms with Crippen LogP contribution >= 0.6 is 11.6 Å². The number of carboxylic acids is 1. The van der Waals surface area contributed by atoms with E-state index in [1.54, 1.807) is 39.3 Å². The molecular formula is C38H49ClN4O11. The third kappa shape index (κ3) is 8.47. The van der Waals surface area contributed by atoms with Crippen LogP contribution in [0.5, 0.6) is 17.4 Å². The van der Waals surface area contributed by atoms with Gasteiger partial charge in [-0.3, -0.25) is 9.59 Å². The summed E-state index contributed by atoms with van der Waals surface area (Å²) in [5.74, 6) is -0.542. The van der Waals surface area contributed by atoms with Crippen molar-refractivity contribution in [3.8, 4) is 17.4 Å². The fourth-order valence-electron chi connectivity index (χ4n) is 7.70. The van der Waals surface area contributed by atoms with Crippen LogP contribution in [0.4, 0.5) is 4.79 Å². The summed E-state index contributed by atoms with van der Waals surface area (Å²) in [4.78, 5) is 59.6. The predicted octanol–water partition coefficient (Wildman–Crippen LogP) is 4.13. The van der Waals surface area contributed by atoms with Crippen molar-refractivity contribution in [1.29, 1.82) is 0 Å². The lowest BCUT2D eigenvalue weighted by atomic mass is 10.1. The van der Waals surface area contributed by atoms with Gasteiger partial charge in [0.15, 0.2) is 0 Å². The maximum atomic E-state index is 14.3. The quantitative estimate of drug-likeness (QED) is 0.146. The normalized spacial score (nSPS) is 27.1. The molecule has 1 aliphatic heterocycles. The van der Waals surface area contributed by atoms with Gasteiger partial charge in [-0.05, 0) is 68.1 Å². The first kappa shape index (κ1) is 39.4. The Morgan fingerprint density at radius 3 is 2.35 bits per heavy atom. The Labute approximate surface area is 318 Å². The molecule has 1 saturated heterocycles. The Bertz CT molecular complexity index is 1770. The van der Waals surface area contributed by atoms with Crippen molar-refractivity contribution in [1.82, 2.24) is 20.5 Å². The zero-order chi connectivity index (χ0) is 38.7. The van der Waals surface area contributed by atoms with Crippen LogP contribution in [0.3, 0.4) is 0 Å². The van der Waals surface area contributed by atoms with Crippen LogP contribution in [-0.2, 0) is 28.6 Å². The number of hydrogen-bond acceptors (Lipinski definition) is 11. The smallest absolute Gasteiger partial charge is 0.408 e. The molecule has 4 fully saturated rings. The minimum atomic E-state index is -1.42. The second-order valence-corrected chi connectivity index (χ2v) is 15.0. The third-order valence-corrected chi connectivity index (χ3v) is 11.2. The highest BCUT2D eigenvalue weighted by Crippen LogP contribution is 2.52. The first-order valence-electron chi connectivity index (χ1n) is 18.4. The van der Waals surface area contributed by atoms with Gasteiger partial charge in [0.1, 0.15) is 65.1 Å². The number of carboxylic acid groups (broad SMARTS) is 1. The molecule has 6 rings (SSSR count). The van der Waals surface area contributed by atoms with Crippen LogP contribution < -0.4 is 24.8 Å². The molecule has 4 aliphatic rings. The number of hydrogen-bond donors (Lipinski definition) is 3. The van der Waals surface area contributed by atoms with Crippen LogP contribution in [0.2, 0.25) is 5.02 Å². The number of nitrogens with one attached hydrogen (secondary N) is 2. The van der Waals surface area contributed by atoms with Gasteiger partial charge in [0.25, 0.3) is 0 Å². The Kier molecular flexibility index (Phi) is 12.1. The van der Waals surface area contributed by atoms with Crippen molar-refractivity contribution in [3.05, 3.63) is 35.4 Å². The van der Waals surface area contributed by atoms with Gasteiger partial charge in [0.05, 0.1) is 19.8 Å². The number of pyridine rings is 1. The average molecular weight is 773 g/mol. The maximum Gasteiger partial charge on any atom is 0.408 e. The predicted molar refractivity (Wildman–Crippen MR) is 196 cm³/mol. The van der Waals surface area contributed by atoms with Crippen molar-refractivity contribution in [2.45, 2.75) is 82.2 Å². The van der Waals surface area contributed by atoms with Gasteiger partial charge < -0.3 is 49.1 Å². The molecule has 0 spiro atoms. The summed E-state index contributed by atoms with van der Waals surface area (Å²) in [6, 6.07) is 2.67. The highest BCUT2D eigenvalue weighted by Gasteiger charge is 2.61. The minimum Gasteiger partial charge on any atom is -0.490 e. The molecule has 0 unspecified atom stereocenters. The molecule has 16 heteroatoms. The zero-order valence-electron chi connectivity index (χ0n) is 31.1. The molecule has 15 nitrogen and oxygen atoms in total. The molecule has 0 bridgehead atoms. The summed E-state index contributed by atoms with van der Waals surface area (Å²) in [5, 5.41) is 16.2. The van der Waals surface area contributed by atoms with Gasteiger partial charge in [0.2, 0.25) is 17.7 Å². The molecule has 1 aromatic heterocycles. The number of carbonyl (C=O) groups excluding carboxylic acids is 3. The Morgan fingerprint density at radius 2 is 1.72 bits per heavy atom. The first-order chi connectivity index (χ1) is 25.9. The lowest BCUT2D eigenvalue weighted by molar-refractivity contribution is -0.145. The molecular weight excluding hydrogens is 724 g/mol. The summed E-state index contributed by atoms with van der Waals surface area (Å²) in [7, 11) is 3.11. The summed E-state index contributed by atoms with van der Waals surface area (Å²) < 4.78 is 34.1. The lowest BCUT2D eigenvalue weighted by Crippen LogP contribution is -2.56. The largest absolute Gasteiger partial charge is 0.490 e. The Morgan fingerprint density at radius 1 is 1.02 bits per heavy atom. The van der Waals surface area contributed by atoms with E-state index in [9.17, 15) is 24.3 Å². The first-order valence-corrected chi connectivity index (χ1v) is 18.8. The fourth-order valence-corrected chi connectivity index (χ4v) is 7.96. The molecule has 3 N–H and O–H groups in total. The number of benzene rings is 1. The van der Waals surface area contributed by atoms with Crippen molar-refractivity contribution < 1.29 is 52.7 Å². The Hall–Kier alpha value is -4.34. The highest BCUT2D eigenvalue weighted by molar-refractivity contribution is 6.36. The monoisotopic (exact) mass is 772 g/mol. The van der Waals surface area contributed by atoms with E-state index in [0.717, 1.165) is 19.3 Å². The van der Waals surface area contributed by atoms with Crippen LogP contribution in [0.1, 0.15) is 52.4 Å². The SMILES string of the molecule is C=C(C)[C@H](NC(=O)O[C@@H]1C[C@@H]2C[C@@H]2C1)C(=O)N1C[C@H](Oc2cc(OCCOC)nc3c(Cl)c(OCCOC)ccc23)C[C@H]1C(=O)N[C@]1(C(=O)O)C[C@H]1CC. The minimum absolute atomic E-state index is 0.0118. The number of fused-ring (bicyclic) bond motifs is 2. The third-order valence-electron chi connectivity index (χ3n) is 10.8. The molecule has 1 aromatic carbocycles. The molecule has 8 atom stereocenters. The average Bonchev–Trinajstić information content (AvgIpc) is 3.95. The van der Waals surface area contributed by atoms with Gasteiger partial charge in [-0.25, -0.2) is 14.6 Å². The number of methoxy groups -OCH3 is 2. The summed E-state index contributed by atoms with van der Waals surface area (Å²) in [6.07, 6.45) is 1.90. The van der Waals surface area contributed by atoms with Crippen molar-refractivity contribution in [2.75, 3.05) is 47.2 Å². The number of halogens is 1. The van der Waals surface area contributed by atoms with E-state index in [2.05, 4.69) is 22.2 Å². The van der Waals surface area contributed by atoms with Gasteiger partial charge in [-0.2, -0.15) is 0 Å². The summed E-state index contributed by atoms with van der Waals surface area (Å²) >= 11 is 6.79. The fraction of sp³-hybridized carbons (Fsp3) is 0.605. The number of amides is 3. The van der Waals surface area contributed by atoms with E-state index in [4.69, 9.17) is 40.0 Å². The molecule has 3 amide bonds. The van der Waals surface area contributed by atoms with E-state index in [1.807, 2.05) is 6.92 Å². The lowest BCUT2D eigenvalue weighted by Gasteiger charge is -2.29. The standard InChI is InChI=1S/C38H49ClN4O11/c1-6-23-18-38(23,36(46)47)42-34(44)27-16-25(19-43(27)35(45)32(20(2)3)41-37(48)54-24-14-21-13-22(21)15-24)53-29-17-30(52-12-10-50-5)40-33-26(29)7-8-28(31(33)39)51-11-9-49-4/h7-8,17,21-25,27,32H,2,6,9-16,18-19H2,1,3-5H3,(H,41,48)(H,42,44)(H,46,47)/t21-,22+,23-,24+,25-,27+,32+,38-/m1/s1. The second kappa shape index (κ2) is 16.6. The summed E-state index contributed by atoms with van der Waals surface area (Å²) in [5.41, 5.74) is -0.752. The molecule has 3 aliphatic carbocycles. The topological polar surface area (TPSA) is 184 Å². The van der Waals surface area contributed by atoms with Gasteiger partial charge in [0, 0.05) is 32.1 Å². The van der Waals surface area contributed by atoms with Crippen molar-refractivity contribution in [2.24, 2.45) is 17.8 Å². The number of rotatable bonds is 18.